The predicted molar refractivity (Wildman–Crippen MR) is 89.1 cm³/mol. The Hall–Kier alpha value is -0.650. The fourth-order valence-corrected chi connectivity index (χ4v) is 1.85. The molecule has 0 unspecified atom stereocenters. The lowest BCUT2D eigenvalue weighted by Gasteiger charge is -2.08. The molecule has 0 heterocycles. The highest BCUT2D eigenvalue weighted by Gasteiger charge is 2.01. The minimum Gasteiger partial charge on any atom is -0.379 e. The first-order valence-corrected chi connectivity index (χ1v) is 8.66. The van der Waals surface area contributed by atoms with Crippen LogP contribution >= 0.6 is 0 Å². The Bertz CT molecular complexity index is 247. The second-order valence-electron chi connectivity index (χ2n) is 5.87. The second-order valence-corrected chi connectivity index (χ2v) is 5.87. The van der Waals surface area contributed by atoms with E-state index in [0.29, 0.717) is 32.3 Å². The van der Waals surface area contributed by atoms with Gasteiger partial charge in [-0.15, -0.1) is 0 Å². The van der Waals surface area contributed by atoms with Crippen LogP contribution in [0, 0.1) is 5.92 Å². The number of hydrogen-bond acceptors (Lipinski definition) is 4. The molecule has 0 bridgehead atoms. The number of carbonyl (C=O) groups excluding carboxylic acids is 1. The van der Waals surface area contributed by atoms with Crippen LogP contribution in [0.15, 0.2) is 0 Å². The van der Waals surface area contributed by atoms with Gasteiger partial charge in [0.25, 0.3) is 0 Å². The summed E-state index contributed by atoms with van der Waals surface area (Å²) in [5.41, 5.74) is 0. The molecule has 0 aromatic carbocycles. The molecule has 5 nitrogen and oxygen atoms in total. The predicted octanol–water partition coefficient (Wildman–Crippen LogP) is 2.78. The lowest BCUT2D eigenvalue weighted by atomic mass is 10.1. The Morgan fingerprint density at radius 3 is 2.18 bits per heavy atom. The van der Waals surface area contributed by atoms with Crippen molar-refractivity contribution in [1.29, 1.82) is 0 Å². The van der Waals surface area contributed by atoms with Crippen molar-refractivity contribution in [1.82, 2.24) is 5.32 Å². The van der Waals surface area contributed by atoms with E-state index >= 15 is 0 Å². The highest BCUT2D eigenvalue weighted by molar-refractivity contribution is 5.77. The zero-order valence-corrected chi connectivity index (χ0v) is 14.7. The maximum Gasteiger partial charge on any atom is 0.245 e. The monoisotopic (exact) mass is 317 g/mol. The fourth-order valence-electron chi connectivity index (χ4n) is 1.85. The number of nitrogens with one attached hydrogen (secondary N) is 1. The van der Waals surface area contributed by atoms with Crippen molar-refractivity contribution in [3.63, 3.8) is 0 Å². The largest absolute Gasteiger partial charge is 0.379 e. The van der Waals surface area contributed by atoms with Crippen LogP contribution in [-0.4, -0.2) is 52.1 Å². The van der Waals surface area contributed by atoms with Gasteiger partial charge in [-0.25, -0.2) is 0 Å². The third-order valence-corrected chi connectivity index (χ3v) is 3.15. The summed E-state index contributed by atoms with van der Waals surface area (Å²) in [6.45, 7) is 10.3. The molecule has 0 saturated heterocycles. The summed E-state index contributed by atoms with van der Waals surface area (Å²) in [4.78, 5) is 11.5. The molecular formula is C17H35NO4. The average Bonchev–Trinajstić information content (AvgIpc) is 2.49. The quantitative estimate of drug-likeness (QED) is 0.445. The van der Waals surface area contributed by atoms with Crippen LogP contribution < -0.4 is 5.32 Å². The lowest BCUT2D eigenvalue weighted by molar-refractivity contribution is -0.126. The van der Waals surface area contributed by atoms with Gasteiger partial charge in [-0.1, -0.05) is 33.6 Å². The van der Waals surface area contributed by atoms with Crippen LogP contribution in [0.1, 0.15) is 52.9 Å². The average molecular weight is 317 g/mol. The smallest absolute Gasteiger partial charge is 0.245 e. The molecule has 5 heteroatoms. The van der Waals surface area contributed by atoms with E-state index in [1.165, 1.54) is 12.8 Å². The van der Waals surface area contributed by atoms with Gasteiger partial charge < -0.3 is 19.5 Å². The molecule has 0 aromatic rings. The number of unbranched alkanes of at least 4 members (excludes halogenated alkanes) is 2. The third-order valence-electron chi connectivity index (χ3n) is 3.15. The minimum atomic E-state index is -0.0528. The minimum absolute atomic E-state index is 0.0528. The van der Waals surface area contributed by atoms with Crippen LogP contribution in [0.4, 0.5) is 0 Å². The molecule has 0 radical (unpaired) electrons. The Morgan fingerprint density at radius 2 is 1.55 bits per heavy atom. The SMILES string of the molecule is CCCCCOCCOCCOCC(=O)NCCCC(C)C. The summed E-state index contributed by atoms with van der Waals surface area (Å²) in [5.74, 6) is 0.629. The molecule has 0 aromatic heterocycles. The summed E-state index contributed by atoms with van der Waals surface area (Å²) in [5, 5.41) is 2.85. The molecular weight excluding hydrogens is 282 g/mol. The Kier molecular flexibility index (Phi) is 16.2. The zero-order chi connectivity index (χ0) is 16.5. The van der Waals surface area contributed by atoms with Gasteiger partial charge in [0.15, 0.2) is 0 Å². The molecule has 0 saturated carbocycles. The van der Waals surface area contributed by atoms with E-state index in [0.717, 1.165) is 32.4 Å². The van der Waals surface area contributed by atoms with Crippen LogP contribution in [0.3, 0.4) is 0 Å². The van der Waals surface area contributed by atoms with E-state index in [-0.39, 0.29) is 12.5 Å². The first kappa shape index (κ1) is 21.4. The van der Waals surface area contributed by atoms with Gasteiger partial charge in [-0.05, 0) is 25.2 Å². The standard InChI is InChI=1S/C17H35NO4/c1-4-5-6-10-20-11-12-21-13-14-22-15-17(19)18-9-7-8-16(2)3/h16H,4-15H2,1-3H3,(H,18,19). The van der Waals surface area contributed by atoms with Crippen molar-refractivity contribution in [3.05, 3.63) is 0 Å². The highest BCUT2D eigenvalue weighted by atomic mass is 16.5. The molecule has 0 rings (SSSR count). The summed E-state index contributed by atoms with van der Waals surface area (Å²) in [6, 6.07) is 0. The maximum absolute atomic E-state index is 11.5. The number of hydrogen-bond donors (Lipinski definition) is 1. The van der Waals surface area contributed by atoms with E-state index in [9.17, 15) is 4.79 Å². The molecule has 0 spiro atoms. The van der Waals surface area contributed by atoms with Gasteiger partial charge in [0.2, 0.25) is 5.91 Å². The van der Waals surface area contributed by atoms with Gasteiger partial charge in [0.05, 0.1) is 26.4 Å². The third kappa shape index (κ3) is 17.4. The Morgan fingerprint density at radius 1 is 0.909 bits per heavy atom. The molecule has 0 fully saturated rings. The van der Waals surface area contributed by atoms with E-state index < -0.39 is 0 Å². The summed E-state index contributed by atoms with van der Waals surface area (Å²) >= 11 is 0. The van der Waals surface area contributed by atoms with Crippen molar-refractivity contribution in [2.24, 2.45) is 5.92 Å². The van der Waals surface area contributed by atoms with Crippen LogP contribution in [0.25, 0.3) is 0 Å². The number of rotatable bonds is 16. The summed E-state index contributed by atoms with van der Waals surface area (Å²) < 4.78 is 16.0. The molecule has 0 aliphatic carbocycles. The number of carbonyl (C=O) groups is 1. The Labute approximate surface area is 136 Å². The first-order valence-electron chi connectivity index (χ1n) is 8.66. The van der Waals surface area contributed by atoms with Crippen molar-refractivity contribution in [3.8, 4) is 0 Å². The summed E-state index contributed by atoms with van der Waals surface area (Å²) in [7, 11) is 0. The van der Waals surface area contributed by atoms with Gasteiger partial charge >= 0.3 is 0 Å². The Balaban J connectivity index is 3.14. The fraction of sp³-hybridized carbons (Fsp3) is 0.941. The molecule has 1 N–H and O–H groups in total. The molecule has 22 heavy (non-hydrogen) atoms. The normalized spacial score (nSPS) is 11.1. The second kappa shape index (κ2) is 16.7. The van der Waals surface area contributed by atoms with Gasteiger partial charge in [-0.2, -0.15) is 0 Å². The number of ether oxygens (including phenoxy) is 3. The van der Waals surface area contributed by atoms with Crippen molar-refractivity contribution in [2.45, 2.75) is 52.9 Å². The van der Waals surface area contributed by atoms with E-state index in [1.807, 2.05) is 0 Å². The van der Waals surface area contributed by atoms with Gasteiger partial charge in [0.1, 0.15) is 6.61 Å². The molecule has 0 aliphatic heterocycles. The topological polar surface area (TPSA) is 56.8 Å². The zero-order valence-electron chi connectivity index (χ0n) is 14.7. The summed E-state index contributed by atoms with van der Waals surface area (Å²) in [6.07, 6.45) is 5.70. The van der Waals surface area contributed by atoms with Crippen molar-refractivity contribution < 1.29 is 19.0 Å². The van der Waals surface area contributed by atoms with E-state index in [4.69, 9.17) is 14.2 Å². The van der Waals surface area contributed by atoms with Crippen molar-refractivity contribution >= 4 is 5.91 Å². The van der Waals surface area contributed by atoms with E-state index in [1.54, 1.807) is 0 Å². The lowest BCUT2D eigenvalue weighted by Crippen LogP contribution is -2.29. The molecule has 0 aliphatic rings. The maximum atomic E-state index is 11.5. The van der Waals surface area contributed by atoms with Gasteiger partial charge in [0, 0.05) is 13.2 Å². The molecule has 0 atom stereocenters. The first-order chi connectivity index (χ1) is 10.7. The van der Waals surface area contributed by atoms with E-state index in [2.05, 4.69) is 26.1 Å². The van der Waals surface area contributed by atoms with Crippen LogP contribution in [0.5, 0.6) is 0 Å². The van der Waals surface area contributed by atoms with Gasteiger partial charge in [-0.3, -0.25) is 4.79 Å². The van der Waals surface area contributed by atoms with Crippen LogP contribution in [-0.2, 0) is 19.0 Å². The number of amides is 1. The molecule has 132 valence electrons. The van der Waals surface area contributed by atoms with Crippen molar-refractivity contribution in [2.75, 3.05) is 46.2 Å². The highest BCUT2D eigenvalue weighted by Crippen LogP contribution is 2.01. The molecule has 1 amide bonds. The van der Waals surface area contributed by atoms with Crippen LogP contribution in [0.2, 0.25) is 0 Å².